The van der Waals surface area contributed by atoms with Crippen LogP contribution in [-0.2, 0) is 23.8 Å². The Morgan fingerprint density at radius 3 is 2.17 bits per heavy atom. The van der Waals surface area contributed by atoms with Crippen LogP contribution in [0, 0.1) is 11.3 Å². The molecule has 0 amide bonds. The van der Waals surface area contributed by atoms with Gasteiger partial charge in [-0.05, 0) is 12.8 Å². The average Bonchev–Trinajstić information content (AvgIpc) is 2.65. The Balaban J connectivity index is 2.21. The SMILES string of the molecule is CC1(C)OC(=O)C(C(C)(C)C2CCCO2)C(=O)O1. The van der Waals surface area contributed by atoms with Crippen LogP contribution in [0.3, 0.4) is 0 Å². The van der Waals surface area contributed by atoms with Gasteiger partial charge in [0, 0.05) is 25.9 Å². The third-order valence-corrected chi connectivity index (χ3v) is 3.67. The number of esters is 2. The van der Waals surface area contributed by atoms with Gasteiger partial charge in [0.2, 0.25) is 0 Å². The maximum Gasteiger partial charge on any atom is 0.324 e. The van der Waals surface area contributed by atoms with E-state index in [9.17, 15) is 9.59 Å². The predicted octanol–water partition coefficient (Wildman–Crippen LogP) is 1.64. The van der Waals surface area contributed by atoms with E-state index >= 15 is 0 Å². The summed E-state index contributed by atoms with van der Waals surface area (Å²) in [6.07, 6.45) is 1.70. The van der Waals surface area contributed by atoms with Crippen LogP contribution in [0.4, 0.5) is 0 Å². The van der Waals surface area contributed by atoms with Crippen LogP contribution < -0.4 is 0 Å². The lowest BCUT2D eigenvalue weighted by atomic mass is 9.73. The summed E-state index contributed by atoms with van der Waals surface area (Å²) >= 11 is 0. The third kappa shape index (κ3) is 2.23. The van der Waals surface area contributed by atoms with Crippen molar-refractivity contribution < 1.29 is 23.8 Å². The van der Waals surface area contributed by atoms with E-state index in [1.807, 2.05) is 13.8 Å². The molecule has 1 unspecified atom stereocenters. The highest BCUT2D eigenvalue weighted by molar-refractivity contribution is 5.97. The minimum absolute atomic E-state index is 0.108. The number of rotatable bonds is 2. The first kappa shape index (κ1) is 13.3. The normalized spacial score (nSPS) is 29.0. The minimum Gasteiger partial charge on any atom is -0.422 e. The molecule has 0 aromatic heterocycles. The monoisotopic (exact) mass is 256 g/mol. The smallest absolute Gasteiger partial charge is 0.324 e. The molecule has 18 heavy (non-hydrogen) atoms. The Morgan fingerprint density at radius 1 is 1.17 bits per heavy atom. The second-order valence-corrected chi connectivity index (χ2v) is 6.00. The highest BCUT2D eigenvalue weighted by atomic mass is 16.7. The first-order valence-corrected chi connectivity index (χ1v) is 6.31. The molecule has 2 saturated heterocycles. The first-order chi connectivity index (χ1) is 8.24. The van der Waals surface area contributed by atoms with Gasteiger partial charge in [0.1, 0.15) is 0 Å². The molecular formula is C13H20O5. The molecule has 2 rings (SSSR count). The summed E-state index contributed by atoms with van der Waals surface area (Å²) in [7, 11) is 0. The molecule has 5 heteroatoms. The van der Waals surface area contributed by atoms with Crippen molar-refractivity contribution in [3.8, 4) is 0 Å². The van der Waals surface area contributed by atoms with Gasteiger partial charge in [-0.25, -0.2) is 0 Å². The molecule has 0 aromatic rings. The summed E-state index contributed by atoms with van der Waals surface area (Å²) in [5, 5.41) is 0. The van der Waals surface area contributed by atoms with Crippen molar-refractivity contribution in [3.63, 3.8) is 0 Å². The summed E-state index contributed by atoms with van der Waals surface area (Å²) in [4.78, 5) is 24.1. The van der Waals surface area contributed by atoms with Crippen LogP contribution in [0.15, 0.2) is 0 Å². The Kier molecular flexibility index (Phi) is 3.13. The number of ether oxygens (including phenoxy) is 3. The van der Waals surface area contributed by atoms with Crippen LogP contribution in [0.5, 0.6) is 0 Å². The third-order valence-electron chi connectivity index (χ3n) is 3.67. The highest BCUT2D eigenvalue weighted by Gasteiger charge is 2.54. The Morgan fingerprint density at radius 2 is 1.72 bits per heavy atom. The van der Waals surface area contributed by atoms with E-state index in [4.69, 9.17) is 14.2 Å². The molecule has 2 fully saturated rings. The van der Waals surface area contributed by atoms with Gasteiger partial charge in [0.25, 0.3) is 5.79 Å². The van der Waals surface area contributed by atoms with Gasteiger partial charge in [0.15, 0.2) is 5.92 Å². The van der Waals surface area contributed by atoms with Crippen molar-refractivity contribution in [1.82, 2.24) is 0 Å². The molecule has 102 valence electrons. The van der Waals surface area contributed by atoms with E-state index < -0.39 is 29.1 Å². The molecule has 2 heterocycles. The molecule has 0 N–H and O–H groups in total. The zero-order chi connectivity index (χ0) is 13.6. The summed E-state index contributed by atoms with van der Waals surface area (Å²) in [5.74, 6) is -3.11. The van der Waals surface area contributed by atoms with Crippen molar-refractivity contribution in [2.75, 3.05) is 6.61 Å². The van der Waals surface area contributed by atoms with Crippen molar-refractivity contribution in [3.05, 3.63) is 0 Å². The summed E-state index contributed by atoms with van der Waals surface area (Å²) in [6.45, 7) is 7.50. The number of hydrogen-bond acceptors (Lipinski definition) is 5. The molecule has 0 saturated carbocycles. The van der Waals surface area contributed by atoms with Crippen LogP contribution >= 0.6 is 0 Å². The minimum atomic E-state index is -1.17. The van der Waals surface area contributed by atoms with Crippen molar-refractivity contribution in [1.29, 1.82) is 0 Å². The second kappa shape index (κ2) is 4.23. The zero-order valence-electron chi connectivity index (χ0n) is 11.3. The molecule has 0 aliphatic carbocycles. The fourth-order valence-electron chi connectivity index (χ4n) is 2.68. The highest BCUT2D eigenvalue weighted by Crippen LogP contribution is 2.41. The van der Waals surface area contributed by atoms with E-state index in [0.717, 1.165) is 12.8 Å². The van der Waals surface area contributed by atoms with Crippen molar-refractivity contribution in [2.24, 2.45) is 11.3 Å². The largest absolute Gasteiger partial charge is 0.422 e. The van der Waals surface area contributed by atoms with E-state index in [-0.39, 0.29) is 6.10 Å². The van der Waals surface area contributed by atoms with Gasteiger partial charge in [-0.3, -0.25) is 9.59 Å². The zero-order valence-corrected chi connectivity index (χ0v) is 11.3. The van der Waals surface area contributed by atoms with Crippen molar-refractivity contribution >= 4 is 11.9 Å². The summed E-state index contributed by atoms with van der Waals surface area (Å²) < 4.78 is 15.9. The van der Waals surface area contributed by atoms with Crippen LogP contribution in [0.2, 0.25) is 0 Å². The predicted molar refractivity (Wildman–Crippen MR) is 62.5 cm³/mol. The molecule has 0 aromatic carbocycles. The van der Waals surface area contributed by atoms with E-state index in [1.165, 1.54) is 0 Å². The van der Waals surface area contributed by atoms with Gasteiger partial charge in [-0.15, -0.1) is 0 Å². The van der Waals surface area contributed by atoms with Gasteiger partial charge in [0.05, 0.1) is 6.10 Å². The topological polar surface area (TPSA) is 61.8 Å². The average molecular weight is 256 g/mol. The lowest BCUT2D eigenvalue weighted by molar-refractivity contribution is -0.248. The molecule has 0 bridgehead atoms. The lowest BCUT2D eigenvalue weighted by Crippen LogP contribution is -2.54. The molecule has 0 radical (unpaired) electrons. The molecule has 2 aliphatic heterocycles. The molecule has 2 aliphatic rings. The maximum absolute atomic E-state index is 12.0. The van der Waals surface area contributed by atoms with E-state index in [2.05, 4.69) is 0 Å². The number of cyclic esters (lactones) is 2. The molecular weight excluding hydrogens is 236 g/mol. The molecule has 5 nitrogen and oxygen atoms in total. The quantitative estimate of drug-likeness (QED) is 0.555. The number of carbonyl (C=O) groups excluding carboxylic acids is 2. The Bertz CT molecular complexity index is 346. The van der Waals surface area contributed by atoms with Crippen LogP contribution in [0.25, 0.3) is 0 Å². The lowest BCUT2D eigenvalue weighted by Gasteiger charge is -2.41. The number of carbonyl (C=O) groups is 2. The second-order valence-electron chi connectivity index (χ2n) is 6.00. The van der Waals surface area contributed by atoms with Crippen LogP contribution in [0.1, 0.15) is 40.5 Å². The fourth-order valence-corrected chi connectivity index (χ4v) is 2.68. The Labute approximate surface area is 107 Å². The Hall–Kier alpha value is -1.10. The van der Waals surface area contributed by atoms with Crippen molar-refractivity contribution in [2.45, 2.75) is 52.4 Å². The van der Waals surface area contributed by atoms with Gasteiger partial charge in [-0.1, -0.05) is 13.8 Å². The summed E-state index contributed by atoms with van der Waals surface area (Å²) in [6, 6.07) is 0. The van der Waals surface area contributed by atoms with Crippen LogP contribution in [-0.4, -0.2) is 30.4 Å². The summed E-state index contributed by atoms with van der Waals surface area (Å²) in [5.41, 5.74) is -0.610. The van der Waals surface area contributed by atoms with E-state index in [1.54, 1.807) is 13.8 Å². The standard InChI is InChI=1S/C13H20O5/c1-12(2,8-6-5-7-16-8)9-10(14)17-13(3,4)18-11(9)15/h8-9H,5-7H2,1-4H3. The number of hydrogen-bond donors (Lipinski definition) is 0. The first-order valence-electron chi connectivity index (χ1n) is 6.31. The van der Waals surface area contributed by atoms with Gasteiger partial charge < -0.3 is 14.2 Å². The molecule has 1 atom stereocenters. The van der Waals surface area contributed by atoms with Gasteiger partial charge in [-0.2, -0.15) is 0 Å². The van der Waals surface area contributed by atoms with E-state index in [0.29, 0.717) is 6.61 Å². The van der Waals surface area contributed by atoms with Gasteiger partial charge >= 0.3 is 11.9 Å². The molecule has 0 spiro atoms. The fraction of sp³-hybridized carbons (Fsp3) is 0.846. The maximum atomic E-state index is 12.0.